The number of hydrogen-bond donors (Lipinski definition) is 12. The van der Waals surface area contributed by atoms with Gasteiger partial charge in [0.25, 0.3) is 39.6 Å². The molecule has 716 valence electrons. The lowest BCUT2D eigenvalue weighted by atomic mass is 10.1. The molecule has 5 aliphatic rings. The first-order valence-corrected chi connectivity index (χ1v) is 46.4. The Morgan fingerprint density at radius 3 is 0.978 bits per heavy atom. The van der Waals surface area contributed by atoms with Crippen molar-refractivity contribution in [2.75, 3.05) is 62.3 Å². The maximum absolute atomic E-state index is 13.3. The maximum atomic E-state index is 13.3. The fourth-order valence-electron chi connectivity index (χ4n) is 16.7. The van der Waals surface area contributed by atoms with Crippen molar-refractivity contribution in [2.24, 2.45) is 5.73 Å². The monoisotopic (exact) mass is 2000 g/mol. The summed E-state index contributed by atoms with van der Waals surface area (Å²) in [7, 11) is 1.53. The molecule has 0 radical (unpaired) electrons. The minimum absolute atomic E-state index is 0.0000204. The Balaban J connectivity index is 0.000000126. The lowest BCUT2D eigenvalue weighted by Gasteiger charge is -2.23. The van der Waals surface area contributed by atoms with Gasteiger partial charge in [0.1, 0.15) is 57.7 Å². The van der Waals surface area contributed by atoms with Crippen molar-refractivity contribution in [3.63, 3.8) is 0 Å². The van der Waals surface area contributed by atoms with Crippen molar-refractivity contribution < 1.29 is 22.8 Å². The summed E-state index contributed by atoms with van der Waals surface area (Å²) in [5.74, 6) is 0.119. The highest BCUT2D eigenvalue weighted by Crippen LogP contribution is 2.45. The van der Waals surface area contributed by atoms with E-state index in [0.29, 0.717) is 92.3 Å². The van der Waals surface area contributed by atoms with Gasteiger partial charge in [0.15, 0.2) is 0 Å². The number of nitriles is 1. The number of anilines is 10. The number of nitrogens with zero attached hydrogens (tertiary/aromatic N) is 16. The van der Waals surface area contributed by atoms with E-state index in [1.165, 1.54) is 25.6 Å². The summed E-state index contributed by atoms with van der Waals surface area (Å²) in [5.41, 5.74) is 36.5. The van der Waals surface area contributed by atoms with E-state index in [1.54, 1.807) is 75.2 Å². The summed E-state index contributed by atoms with van der Waals surface area (Å²) >= 11 is 37.3. The molecule has 44 heteroatoms. The van der Waals surface area contributed by atoms with Gasteiger partial charge in [0, 0.05) is 90.4 Å². The van der Waals surface area contributed by atoms with Crippen LogP contribution in [0.4, 0.5) is 71.9 Å². The number of fused-ring (bicyclic) bond motifs is 5. The Morgan fingerprint density at radius 1 is 0.396 bits per heavy atom. The van der Waals surface area contributed by atoms with Crippen LogP contribution in [-0.2, 0) is 6.18 Å². The van der Waals surface area contributed by atoms with Gasteiger partial charge in [-0.2, -0.15) is 38.4 Å². The van der Waals surface area contributed by atoms with E-state index in [-0.39, 0.29) is 140 Å². The number of pyridine rings is 5. The van der Waals surface area contributed by atoms with Gasteiger partial charge in [-0.3, -0.25) is 33.6 Å². The van der Waals surface area contributed by atoms with Gasteiger partial charge in [-0.25, -0.2) is 29.9 Å². The minimum atomic E-state index is -4.65. The molecule has 0 unspecified atom stereocenters. The molecule has 0 bridgehead atoms. The lowest BCUT2D eigenvalue weighted by Crippen LogP contribution is -2.27. The predicted octanol–water partition coefficient (Wildman–Crippen LogP) is 17.7. The number of nitrogens with two attached hydrogens (primary N) is 6. The first-order valence-electron chi connectivity index (χ1n) is 44.2. The Morgan fingerprint density at radius 2 is 0.676 bits per heavy atom. The highest BCUT2D eigenvalue weighted by Gasteiger charge is 2.39. The number of primary amides is 1. The first kappa shape index (κ1) is 97.6. The zero-order chi connectivity index (χ0) is 99.2. The molecule has 0 aliphatic heterocycles. The van der Waals surface area contributed by atoms with Crippen LogP contribution in [-0.4, -0.2) is 91.5 Å². The Bertz CT molecular complexity index is 7780. The normalized spacial score (nSPS) is 14.9. The molecule has 0 spiro atoms. The second kappa shape index (κ2) is 40.3. The summed E-state index contributed by atoms with van der Waals surface area (Å²) in [4.78, 5) is 129. The zero-order valence-corrected chi connectivity index (χ0v) is 79.7. The van der Waals surface area contributed by atoms with Crippen LogP contribution in [0, 0.1) is 11.3 Å². The largest absolute Gasteiger partial charge is 0.421 e. The molecule has 2 amide bonds. The standard InChI is InChI=1S/C20H21ClN6O2.C19H17ClF3N5O.C19H19ClN6O2.C19H17ClN6O.C18H17Cl2N5O/c1-10(25-17-13(18(28)23-2)9-24-20(22)26-17)15-8-11-4-3-5-14(21)16(11)19(29)27(15)12-6-7-12;1-9(26-16-12(19(21,22)23)8-25-18(24)27-16)14-7-10-3-2-4-13(20)15(10)17(29)28(14)11-5-6-11;1-9(24-17-12(16(21)27)8-23-19(22)25-17)14-7-10-3-2-4-13(20)15(10)18(28)26(14)11-5-6-11;1-10(24-17-12(8-21)9-23-19(22)25-17)15-7-11-3-2-4-14(20)16(11)18(27)26(15)13-5-6-13;1-9(22-15-8-14(21)23-18(20)24-15)13-7-10-3-2-4-12(19)16(10)17(26)25(13)11-5-6-11/h3-5,8-10,12H,6-7H2,1-2H3,(H,23,28)(H3,22,24,25,26);2-4,7-9,11H,5-6H2,1H3,(H3,24,25,26,27);2-4,7-9,11H,5-6H2,1H3,(H2,21,27)(H3,22,23,24,25);2-4,7,9-10,13H,5-6H2,1H3,(H3,22,23,24,25);2-4,7-9,11H,5-6H2,1H3,(H3,21,22,23,24)/t10-;2*9-;10-;9-/m00000/s1. The average Bonchev–Trinajstić information content (AvgIpc) is 1.72. The molecule has 5 saturated carbocycles. The van der Waals surface area contributed by atoms with E-state index in [9.17, 15) is 52.0 Å². The quantitative estimate of drug-likeness (QED) is 0.0280. The Labute approximate surface area is 819 Å². The second-order valence-corrected chi connectivity index (χ2v) is 36.6. The van der Waals surface area contributed by atoms with Crippen LogP contribution in [0.1, 0.15) is 220 Å². The van der Waals surface area contributed by atoms with Gasteiger partial charge in [0.2, 0.25) is 29.1 Å². The molecule has 139 heavy (non-hydrogen) atoms. The molecule has 20 rings (SSSR count). The van der Waals surface area contributed by atoms with Crippen LogP contribution in [0.5, 0.6) is 0 Å². The number of carbonyl (C=O) groups excluding carboxylic acids is 2. The molecule has 5 aromatic carbocycles. The minimum Gasteiger partial charge on any atom is -0.383 e. The number of benzene rings is 5. The fourth-order valence-corrected chi connectivity index (χ4v) is 18.2. The van der Waals surface area contributed by atoms with Gasteiger partial charge in [-0.1, -0.05) is 119 Å². The SMILES string of the molecule is CNC(=O)c1cnc(N)nc1N[C@@H](C)c1cc2cccc(Cl)c2c(=O)n1C1CC1.C[C@H](Nc1cc(N)nc(Cl)n1)c1cc2cccc(Cl)c2c(=O)n1C1CC1.C[C@H](Nc1nc(N)ncc1C#N)c1cc2cccc(Cl)c2c(=O)n1C1CC1.C[C@H](Nc1nc(N)ncc1C(F)(F)F)c1cc2cccc(Cl)c2c(=O)n1C1CC1.C[C@H](Nc1nc(N)ncc1C(N)=O)c1cc2cccc(Cl)c2c(=O)n1C1CC1. The third kappa shape index (κ3) is 21.3. The first-order chi connectivity index (χ1) is 66.4. The lowest BCUT2D eigenvalue weighted by molar-refractivity contribution is -0.137. The van der Waals surface area contributed by atoms with Gasteiger partial charge in [-0.15, -0.1) is 0 Å². The number of carbonyl (C=O) groups is 2. The van der Waals surface area contributed by atoms with E-state index in [1.807, 2.05) is 116 Å². The Hall–Kier alpha value is -14.5. The van der Waals surface area contributed by atoms with Crippen LogP contribution in [0.3, 0.4) is 0 Å². The van der Waals surface area contributed by atoms with E-state index < -0.39 is 29.5 Å². The van der Waals surface area contributed by atoms with E-state index >= 15 is 0 Å². The number of rotatable bonds is 22. The smallest absolute Gasteiger partial charge is 0.383 e. The number of aromatic nitrogens is 15. The number of nitrogens with one attached hydrogen (secondary N) is 6. The second-order valence-electron chi connectivity index (χ2n) is 34.2. The van der Waals surface area contributed by atoms with Crippen molar-refractivity contribution in [1.82, 2.24) is 78.0 Å². The highest BCUT2D eigenvalue weighted by atomic mass is 35.5. The van der Waals surface area contributed by atoms with E-state index in [4.69, 9.17) is 104 Å². The summed E-state index contributed by atoms with van der Waals surface area (Å²) in [5, 5.41) is 36.0. The average molecular weight is 2010 g/mol. The van der Waals surface area contributed by atoms with Gasteiger partial charge in [-0.05, 0) is 198 Å². The molecule has 5 atom stereocenters. The van der Waals surface area contributed by atoms with Gasteiger partial charge >= 0.3 is 6.18 Å². The predicted molar refractivity (Wildman–Crippen MR) is 536 cm³/mol. The van der Waals surface area contributed by atoms with Crippen LogP contribution >= 0.6 is 69.6 Å². The molecule has 5 fully saturated rings. The zero-order valence-electron chi connectivity index (χ0n) is 75.2. The summed E-state index contributed by atoms with van der Waals surface area (Å²) in [6.07, 6.45) is 9.33. The van der Waals surface area contributed by atoms with Crippen molar-refractivity contribution >= 4 is 194 Å². The van der Waals surface area contributed by atoms with E-state index in [0.717, 1.165) is 109 Å². The number of amides is 2. The summed E-state index contributed by atoms with van der Waals surface area (Å²) in [6, 6.07) is 39.0. The van der Waals surface area contributed by atoms with E-state index in [2.05, 4.69) is 81.7 Å². The maximum Gasteiger partial charge on any atom is 0.421 e. The van der Waals surface area contributed by atoms with Gasteiger partial charge < -0.3 is 89.1 Å². The van der Waals surface area contributed by atoms with Crippen molar-refractivity contribution in [1.29, 1.82) is 5.26 Å². The molecule has 5 aliphatic carbocycles. The topological polar surface area (TPSA) is 525 Å². The number of hydrogen-bond acceptors (Lipinski definition) is 28. The third-order valence-corrected chi connectivity index (χ3v) is 25.7. The molecule has 35 nitrogen and oxygen atoms in total. The molecule has 10 heterocycles. The van der Waals surface area contributed by atoms with Crippen molar-refractivity contribution in [3.05, 3.63) is 285 Å². The highest BCUT2D eigenvalue weighted by molar-refractivity contribution is 6.37. The van der Waals surface area contributed by atoms with Crippen LogP contribution in [0.2, 0.25) is 30.4 Å². The number of nitrogen functional groups attached to an aromatic ring is 5. The molecule has 18 N–H and O–H groups in total. The fraction of sp³-hybridized carbons (Fsp3) is 0.284. The number of halogens is 9. The van der Waals surface area contributed by atoms with Crippen LogP contribution < -0.4 is 94.1 Å². The van der Waals surface area contributed by atoms with Crippen molar-refractivity contribution in [3.8, 4) is 6.07 Å². The van der Waals surface area contributed by atoms with Crippen molar-refractivity contribution in [2.45, 2.75) is 165 Å². The molecule has 0 saturated heterocycles. The Kier molecular flexibility index (Phi) is 28.3. The molecular weight excluding hydrogens is 1910 g/mol. The number of alkyl halides is 3. The summed E-state index contributed by atoms with van der Waals surface area (Å²) in [6.45, 7) is 9.35. The third-order valence-electron chi connectivity index (χ3n) is 24.0. The molecule has 10 aromatic heterocycles. The van der Waals surface area contributed by atoms with Crippen LogP contribution in [0.25, 0.3) is 53.9 Å². The summed E-state index contributed by atoms with van der Waals surface area (Å²) < 4.78 is 48.9. The van der Waals surface area contributed by atoms with Crippen LogP contribution in [0.15, 0.2) is 176 Å². The molecular formula is C95H91Cl6F3N28O7. The molecule has 15 aromatic rings. The van der Waals surface area contributed by atoms with Gasteiger partial charge in [0.05, 0.1) is 94.0 Å².